The van der Waals surface area contributed by atoms with Crippen LogP contribution in [-0.2, 0) is 16.4 Å². The van der Waals surface area contributed by atoms with Gasteiger partial charge in [-0.25, -0.2) is 8.42 Å². The van der Waals surface area contributed by atoms with Crippen LogP contribution in [0.15, 0.2) is 24.3 Å². The Morgan fingerprint density at radius 1 is 1.35 bits per heavy atom. The van der Waals surface area contributed by atoms with E-state index in [9.17, 15) is 8.42 Å². The standard InChI is InChI=1S/C14H16ClNO2S2/c15-14-11-3-1-2-4-12(11)19-13(14)8-16-7-10-5-6-20(17,18)9-10/h1-4,10,16H,5-9H2. The van der Waals surface area contributed by atoms with Crippen LogP contribution in [0.5, 0.6) is 0 Å². The normalized spacial score (nSPS) is 21.6. The van der Waals surface area contributed by atoms with E-state index in [1.165, 1.54) is 4.70 Å². The molecule has 0 aliphatic carbocycles. The third-order valence-electron chi connectivity index (χ3n) is 3.65. The number of fused-ring (bicyclic) bond motifs is 1. The van der Waals surface area contributed by atoms with Gasteiger partial charge in [0.2, 0.25) is 0 Å². The summed E-state index contributed by atoms with van der Waals surface area (Å²) in [7, 11) is -2.78. The fraction of sp³-hybridized carbons (Fsp3) is 0.429. The lowest BCUT2D eigenvalue weighted by Crippen LogP contribution is -2.23. The predicted molar refractivity (Wildman–Crippen MR) is 85.3 cm³/mol. The minimum atomic E-state index is -2.78. The third-order valence-corrected chi connectivity index (χ3v) is 7.20. The van der Waals surface area contributed by atoms with E-state index in [0.29, 0.717) is 18.1 Å². The van der Waals surface area contributed by atoms with Crippen molar-refractivity contribution in [1.29, 1.82) is 0 Å². The van der Waals surface area contributed by atoms with Crippen LogP contribution in [0.25, 0.3) is 10.1 Å². The maximum Gasteiger partial charge on any atom is 0.150 e. The molecule has 1 aliphatic heterocycles. The van der Waals surface area contributed by atoms with Crippen LogP contribution < -0.4 is 5.32 Å². The zero-order valence-electron chi connectivity index (χ0n) is 10.9. The fourth-order valence-corrected chi connectivity index (χ4v) is 5.93. The van der Waals surface area contributed by atoms with Crippen molar-refractivity contribution in [2.24, 2.45) is 5.92 Å². The Balaban J connectivity index is 1.62. The molecule has 1 aliphatic rings. The van der Waals surface area contributed by atoms with Crippen molar-refractivity contribution in [2.45, 2.75) is 13.0 Å². The van der Waals surface area contributed by atoms with Crippen molar-refractivity contribution >= 4 is 42.9 Å². The maximum atomic E-state index is 11.4. The Kier molecular flexibility index (Phi) is 4.04. The Hall–Kier alpha value is -0.620. The first-order valence-corrected chi connectivity index (χ1v) is 9.64. The number of sulfone groups is 1. The van der Waals surface area contributed by atoms with Crippen LogP contribution in [0.4, 0.5) is 0 Å². The lowest BCUT2D eigenvalue weighted by molar-refractivity contribution is 0.523. The molecule has 2 aromatic rings. The first-order chi connectivity index (χ1) is 9.55. The van der Waals surface area contributed by atoms with E-state index >= 15 is 0 Å². The summed E-state index contributed by atoms with van der Waals surface area (Å²) >= 11 is 8.07. The number of benzene rings is 1. The fourth-order valence-electron chi connectivity index (χ4n) is 2.60. The van der Waals surface area contributed by atoms with Crippen molar-refractivity contribution in [1.82, 2.24) is 5.32 Å². The lowest BCUT2D eigenvalue weighted by atomic mass is 10.1. The van der Waals surface area contributed by atoms with Gasteiger partial charge >= 0.3 is 0 Å². The van der Waals surface area contributed by atoms with E-state index in [1.807, 2.05) is 18.2 Å². The van der Waals surface area contributed by atoms with Gasteiger partial charge in [-0.15, -0.1) is 11.3 Å². The summed E-state index contributed by atoms with van der Waals surface area (Å²) < 4.78 is 24.0. The van der Waals surface area contributed by atoms with Gasteiger partial charge in [0.1, 0.15) is 0 Å². The highest BCUT2D eigenvalue weighted by molar-refractivity contribution is 7.91. The molecule has 1 fully saturated rings. The Labute approximate surface area is 127 Å². The SMILES string of the molecule is O=S1(=O)CCC(CNCc2sc3ccccc3c2Cl)C1. The second kappa shape index (κ2) is 5.64. The molecule has 108 valence electrons. The molecule has 3 rings (SSSR count). The van der Waals surface area contributed by atoms with Crippen LogP contribution in [-0.4, -0.2) is 26.5 Å². The van der Waals surface area contributed by atoms with E-state index in [4.69, 9.17) is 11.6 Å². The lowest BCUT2D eigenvalue weighted by Gasteiger charge is -2.08. The molecule has 0 radical (unpaired) electrons. The highest BCUT2D eigenvalue weighted by Crippen LogP contribution is 2.35. The summed E-state index contributed by atoms with van der Waals surface area (Å²) in [6, 6.07) is 8.09. The number of thiophene rings is 1. The van der Waals surface area contributed by atoms with Crippen LogP contribution in [0.3, 0.4) is 0 Å². The molecular formula is C14H16ClNO2S2. The average Bonchev–Trinajstić information content (AvgIpc) is 2.91. The Morgan fingerprint density at radius 2 is 2.15 bits per heavy atom. The molecule has 1 aromatic carbocycles. The molecule has 2 heterocycles. The molecule has 1 aromatic heterocycles. The van der Waals surface area contributed by atoms with E-state index in [-0.39, 0.29) is 5.92 Å². The monoisotopic (exact) mass is 329 g/mol. The molecule has 1 unspecified atom stereocenters. The Bertz CT molecular complexity index is 724. The van der Waals surface area contributed by atoms with Crippen molar-refractivity contribution in [3.8, 4) is 0 Å². The molecule has 1 N–H and O–H groups in total. The molecule has 0 bridgehead atoms. The molecule has 0 amide bonds. The van der Waals surface area contributed by atoms with Gasteiger partial charge in [-0.2, -0.15) is 0 Å². The molecule has 20 heavy (non-hydrogen) atoms. The van der Waals surface area contributed by atoms with Crippen molar-refractivity contribution in [3.63, 3.8) is 0 Å². The summed E-state index contributed by atoms with van der Waals surface area (Å²) in [4.78, 5) is 1.12. The topological polar surface area (TPSA) is 46.2 Å². The van der Waals surface area contributed by atoms with E-state index in [2.05, 4.69) is 11.4 Å². The first kappa shape index (κ1) is 14.3. The largest absolute Gasteiger partial charge is 0.311 e. The summed E-state index contributed by atoms with van der Waals surface area (Å²) in [5.41, 5.74) is 0. The molecule has 1 saturated heterocycles. The third kappa shape index (κ3) is 3.01. The van der Waals surface area contributed by atoms with Crippen LogP contribution in [0.1, 0.15) is 11.3 Å². The number of hydrogen-bond donors (Lipinski definition) is 1. The van der Waals surface area contributed by atoms with Gasteiger partial charge < -0.3 is 5.32 Å². The van der Waals surface area contributed by atoms with E-state index in [1.54, 1.807) is 11.3 Å². The van der Waals surface area contributed by atoms with Crippen molar-refractivity contribution in [2.75, 3.05) is 18.1 Å². The maximum absolute atomic E-state index is 11.4. The summed E-state index contributed by atoms with van der Waals surface area (Å²) in [6.07, 6.45) is 0.773. The molecule has 0 spiro atoms. The average molecular weight is 330 g/mol. The number of nitrogens with one attached hydrogen (secondary N) is 1. The summed E-state index contributed by atoms with van der Waals surface area (Å²) in [6.45, 7) is 1.44. The van der Waals surface area contributed by atoms with Gasteiger partial charge in [-0.05, 0) is 24.9 Å². The van der Waals surface area contributed by atoms with Crippen molar-refractivity contribution < 1.29 is 8.42 Å². The zero-order chi connectivity index (χ0) is 14.2. The summed E-state index contributed by atoms with van der Waals surface area (Å²) in [5, 5.41) is 5.26. The van der Waals surface area contributed by atoms with E-state index in [0.717, 1.165) is 28.3 Å². The summed E-state index contributed by atoms with van der Waals surface area (Å²) in [5.74, 6) is 0.900. The predicted octanol–water partition coefficient (Wildman–Crippen LogP) is 3.08. The van der Waals surface area contributed by atoms with Gasteiger partial charge in [-0.1, -0.05) is 29.8 Å². The molecule has 6 heteroatoms. The quantitative estimate of drug-likeness (QED) is 0.937. The molecule has 0 saturated carbocycles. The number of halogens is 1. The molecule has 3 nitrogen and oxygen atoms in total. The number of rotatable bonds is 4. The van der Waals surface area contributed by atoms with Gasteiger partial charge in [0, 0.05) is 21.5 Å². The highest BCUT2D eigenvalue weighted by atomic mass is 35.5. The van der Waals surface area contributed by atoms with Crippen molar-refractivity contribution in [3.05, 3.63) is 34.2 Å². The molecule has 1 atom stereocenters. The smallest absolute Gasteiger partial charge is 0.150 e. The molecular weight excluding hydrogens is 314 g/mol. The highest BCUT2D eigenvalue weighted by Gasteiger charge is 2.27. The van der Waals surface area contributed by atoms with Gasteiger partial charge in [0.25, 0.3) is 0 Å². The van der Waals surface area contributed by atoms with Gasteiger partial charge in [0.05, 0.1) is 16.5 Å². The van der Waals surface area contributed by atoms with Crippen LogP contribution in [0, 0.1) is 5.92 Å². The minimum Gasteiger partial charge on any atom is -0.311 e. The minimum absolute atomic E-state index is 0.244. The number of hydrogen-bond acceptors (Lipinski definition) is 4. The van der Waals surface area contributed by atoms with Crippen LogP contribution >= 0.6 is 22.9 Å². The second-order valence-corrected chi connectivity index (χ2v) is 8.98. The van der Waals surface area contributed by atoms with E-state index < -0.39 is 9.84 Å². The van der Waals surface area contributed by atoms with Gasteiger partial charge in [0.15, 0.2) is 9.84 Å². The second-order valence-electron chi connectivity index (χ2n) is 5.24. The first-order valence-electron chi connectivity index (χ1n) is 6.62. The Morgan fingerprint density at radius 3 is 2.85 bits per heavy atom. The van der Waals surface area contributed by atoms with Crippen LogP contribution in [0.2, 0.25) is 5.02 Å². The zero-order valence-corrected chi connectivity index (χ0v) is 13.3. The van der Waals surface area contributed by atoms with Gasteiger partial charge in [-0.3, -0.25) is 0 Å².